The molecule has 0 aliphatic heterocycles. The molecule has 0 spiro atoms. The molecule has 5 heteroatoms. The third-order valence-electron chi connectivity index (χ3n) is 2.86. The topological polar surface area (TPSA) is 38.0 Å². The van der Waals surface area contributed by atoms with E-state index in [1.807, 2.05) is 29.9 Å². The molecule has 0 saturated heterocycles. The number of hydrogen-bond acceptors (Lipinski definition) is 3. The Hall–Kier alpha value is -0.780. The molecule has 1 unspecified atom stereocenters. The van der Waals surface area contributed by atoms with Gasteiger partial charge in [0, 0.05) is 41.0 Å². The number of hydrogen-bond donors (Lipinski definition) is 1. The van der Waals surface area contributed by atoms with Gasteiger partial charge in [0.05, 0.1) is 6.10 Å². The molecule has 0 fully saturated rings. The van der Waals surface area contributed by atoms with Gasteiger partial charge in [-0.15, -0.1) is 11.8 Å². The number of imidazole rings is 1. The van der Waals surface area contributed by atoms with Crippen LogP contribution in [0.2, 0.25) is 0 Å². The number of nitrogens with zero attached hydrogens (tertiary/aromatic N) is 2. The van der Waals surface area contributed by atoms with Crippen LogP contribution in [0.4, 0.5) is 0 Å². The van der Waals surface area contributed by atoms with Gasteiger partial charge in [-0.25, -0.2) is 4.98 Å². The quantitative estimate of drug-likeness (QED) is 0.820. The maximum atomic E-state index is 10.00. The Labute approximate surface area is 126 Å². The van der Waals surface area contributed by atoms with Gasteiger partial charge in [0.25, 0.3) is 0 Å². The molecule has 0 amide bonds. The molecule has 0 aliphatic carbocycles. The van der Waals surface area contributed by atoms with E-state index in [4.69, 9.17) is 0 Å². The number of halogens is 1. The minimum Gasteiger partial charge on any atom is -0.392 e. The highest BCUT2D eigenvalue weighted by Gasteiger charge is 2.08. The maximum absolute atomic E-state index is 10.00. The van der Waals surface area contributed by atoms with Gasteiger partial charge in [0.15, 0.2) is 0 Å². The van der Waals surface area contributed by atoms with E-state index in [0.717, 1.165) is 23.1 Å². The van der Waals surface area contributed by atoms with Gasteiger partial charge in [-0.05, 0) is 24.6 Å². The summed E-state index contributed by atoms with van der Waals surface area (Å²) in [5.41, 5.74) is 0. The predicted molar refractivity (Wildman–Crippen MR) is 82.4 cm³/mol. The third kappa shape index (κ3) is 4.67. The lowest BCUT2D eigenvalue weighted by atomic mass is 10.2. The molecule has 1 N–H and O–H groups in total. The van der Waals surface area contributed by atoms with Crippen molar-refractivity contribution in [1.29, 1.82) is 0 Å². The van der Waals surface area contributed by atoms with Gasteiger partial charge in [0.2, 0.25) is 0 Å². The second-order valence-corrected chi connectivity index (χ2v) is 6.42. The number of thioether (sulfide) groups is 1. The Balaban J connectivity index is 1.76. The minimum absolute atomic E-state index is 0.305. The summed E-state index contributed by atoms with van der Waals surface area (Å²) in [6.07, 6.45) is 4.96. The van der Waals surface area contributed by atoms with Crippen molar-refractivity contribution < 1.29 is 5.11 Å². The first-order valence-corrected chi connectivity index (χ1v) is 7.95. The van der Waals surface area contributed by atoms with E-state index >= 15 is 0 Å². The lowest BCUT2D eigenvalue weighted by Gasteiger charge is -2.10. The first-order valence-electron chi connectivity index (χ1n) is 6.18. The van der Waals surface area contributed by atoms with Crippen molar-refractivity contribution in [3.8, 4) is 0 Å². The van der Waals surface area contributed by atoms with E-state index in [9.17, 15) is 5.11 Å². The van der Waals surface area contributed by atoms with Crippen molar-refractivity contribution in [1.82, 2.24) is 9.55 Å². The lowest BCUT2D eigenvalue weighted by Crippen LogP contribution is -2.12. The molecule has 1 atom stereocenters. The Morgan fingerprint density at radius 3 is 3.00 bits per heavy atom. The average Bonchev–Trinajstić information content (AvgIpc) is 2.80. The van der Waals surface area contributed by atoms with Gasteiger partial charge in [-0.1, -0.05) is 22.0 Å². The van der Waals surface area contributed by atoms with Crippen molar-refractivity contribution in [3.05, 3.63) is 47.0 Å². The smallest absolute Gasteiger partial charge is 0.108 e. The number of aliphatic hydroxyl groups excluding tert-OH is 1. The SMILES string of the molecule is Cn1ccnc1CCC(O)CSc1cccc(Br)c1. The first-order chi connectivity index (χ1) is 9.15. The summed E-state index contributed by atoms with van der Waals surface area (Å²) < 4.78 is 3.06. The van der Waals surface area contributed by atoms with Gasteiger partial charge in [-0.3, -0.25) is 0 Å². The van der Waals surface area contributed by atoms with Crippen molar-refractivity contribution in [2.45, 2.75) is 23.8 Å². The zero-order valence-corrected chi connectivity index (χ0v) is 13.2. The van der Waals surface area contributed by atoms with Crippen LogP contribution in [0.25, 0.3) is 0 Å². The van der Waals surface area contributed by atoms with Crippen LogP contribution >= 0.6 is 27.7 Å². The summed E-state index contributed by atoms with van der Waals surface area (Å²) in [4.78, 5) is 5.43. The summed E-state index contributed by atoms with van der Waals surface area (Å²) in [6.45, 7) is 0. The number of aromatic nitrogens is 2. The number of rotatable bonds is 6. The fourth-order valence-corrected chi connectivity index (χ4v) is 3.25. The Kier molecular flexibility index (Phi) is 5.48. The zero-order chi connectivity index (χ0) is 13.7. The zero-order valence-electron chi connectivity index (χ0n) is 10.8. The van der Waals surface area contributed by atoms with Crippen molar-refractivity contribution in [2.75, 3.05) is 5.75 Å². The summed E-state index contributed by atoms with van der Waals surface area (Å²) >= 11 is 5.12. The van der Waals surface area contributed by atoms with Crippen molar-refractivity contribution in [3.63, 3.8) is 0 Å². The Bertz CT molecular complexity index is 530. The molecular formula is C14H17BrN2OS. The van der Waals surface area contributed by atoms with Gasteiger partial charge < -0.3 is 9.67 Å². The number of aliphatic hydroxyl groups is 1. The molecule has 1 aromatic heterocycles. The Morgan fingerprint density at radius 2 is 2.32 bits per heavy atom. The summed E-state index contributed by atoms with van der Waals surface area (Å²) in [7, 11) is 1.98. The second kappa shape index (κ2) is 7.12. The van der Waals surface area contributed by atoms with Gasteiger partial charge >= 0.3 is 0 Å². The molecule has 1 aromatic carbocycles. The molecule has 2 rings (SSSR count). The highest BCUT2D eigenvalue weighted by Crippen LogP contribution is 2.23. The van der Waals surface area contributed by atoms with Gasteiger partial charge in [0.1, 0.15) is 5.82 Å². The van der Waals surface area contributed by atoms with Crippen LogP contribution in [-0.4, -0.2) is 26.5 Å². The highest BCUT2D eigenvalue weighted by molar-refractivity contribution is 9.10. The van der Waals surface area contributed by atoms with E-state index in [1.54, 1.807) is 18.0 Å². The van der Waals surface area contributed by atoms with E-state index in [-0.39, 0.29) is 6.10 Å². The molecule has 102 valence electrons. The van der Waals surface area contributed by atoms with E-state index < -0.39 is 0 Å². The van der Waals surface area contributed by atoms with E-state index in [2.05, 4.69) is 33.0 Å². The normalized spacial score (nSPS) is 12.6. The standard InChI is InChI=1S/C14H17BrN2OS/c1-17-8-7-16-14(17)6-5-12(18)10-19-13-4-2-3-11(15)9-13/h2-4,7-9,12,18H,5-6,10H2,1H3. The van der Waals surface area contributed by atoms with Crippen molar-refractivity contribution >= 4 is 27.7 Å². The average molecular weight is 341 g/mol. The molecule has 2 aromatic rings. The molecule has 1 heterocycles. The molecule has 3 nitrogen and oxygen atoms in total. The summed E-state index contributed by atoms with van der Waals surface area (Å²) in [6, 6.07) is 8.13. The minimum atomic E-state index is -0.305. The van der Waals surface area contributed by atoms with Crippen LogP contribution in [0, 0.1) is 0 Å². The molecule has 0 saturated carbocycles. The van der Waals surface area contributed by atoms with Crippen LogP contribution in [0.15, 0.2) is 46.0 Å². The van der Waals surface area contributed by atoms with E-state index in [1.165, 1.54) is 4.90 Å². The van der Waals surface area contributed by atoms with Crippen LogP contribution in [0.3, 0.4) is 0 Å². The molecule has 19 heavy (non-hydrogen) atoms. The summed E-state index contributed by atoms with van der Waals surface area (Å²) in [5, 5.41) is 10.00. The van der Waals surface area contributed by atoms with Crippen LogP contribution in [-0.2, 0) is 13.5 Å². The van der Waals surface area contributed by atoms with Crippen LogP contribution in [0.1, 0.15) is 12.2 Å². The molecular weight excluding hydrogens is 324 g/mol. The largest absolute Gasteiger partial charge is 0.392 e. The fraction of sp³-hybridized carbons (Fsp3) is 0.357. The summed E-state index contributed by atoms with van der Waals surface area (Å²) in [5.74, 6) is 1.73. The monoisotopic (exact) mass is 340 g/mol. The number of aryl methyl sites for hydroxylation is 2. The predicted octanol–water partition coefficient (Wildman–Crippen LogP) is 3.27. The first kappa shape index (κ1) is 14.6. The molecule has 0 aliphatic rings. The highest BCUT2D eigenvalue weighted by atomic mass is 79.9. The molecule has 0 radical (unpaired) electrons. The Morgan fingerprint density at radius 1 is 1.47 bits per heavy atom. The fourth-order valence-electron chi connectivity index (χ4n) is 1.77. The van der Waals surface area contributed by atoms with E-state index in [0.29, 0.717) is 5.75 Å². The third-order valence-corrected chi connectivity index (χ3v) is 4.49. The van der Waals surface area contributed by atoms with Crippen LogP contribution < -0.4 is 0 Å². The number of benzene rings is 1. The lowest BCUT2D eigenvalue weighted by molar-refractivity contribution is 0.188. The maximum Gasteiger partial charge on any atom is 0.108 e. The van der Waals surface area contributed by atoms with Crippen LogP contribution in [0.5, 0.6) is 0 Å². The van der Waals surface area contributed by atoms with Crippen molar-refractivity contribution in [2.24, 2.45) is 7.05 Å². The van der Waals surface area contributed by atoms with Gasteiger partial charge in [-0.2, -0.15) is 0 Å². The second-order valence-electron chi connectivity index (χ2n) is 4.42. The molecule has 0 bridgehead atoms.